The van der Waals surface area contributed by atoms with Gasteiger partial charge < -0.3 is 15.2 Å². The van der Waals surface area contributed by atoms with Crippen molar-refractivity contribution in [2.24, 2.45) is 0 Å². The average Bonchev–Trinajstić information content (AvgIpc) is 2.27. The molecule has 1 rings (SSSR count). The number of hydrogen-bond acceptors (Lipinski definition) is 3. The monoisotopic (exact) mass is 223 g/mol. The molecule has 1 atom stereocenters. The number of carbonyl (C=O) groups excluding carboxylic acids is 1. The van der Waals surface area contributed by atoms with Crippen LogP contribution in [0.5, 0.6) is 0 Å². The van der Waals surface area contributed by atoms with Gasteiger partial charge >= 0.3 is 6.09 Å². The van der Waals surface area contributed by atoms with Gasteiger partial charge in [-0.2, -0.15) is 0 Å². The number of carbonyl (C=O) groups is 1. The van der Waals surface area contributed by atoms with E-state index in [-0.39, 0.29) is 19.3 Å². The van der Waals surface area contributed by atoms with Crippen molar-refractivity contribution in [3.8, 4) is 0 Å². The standard InChI is InChI=1S/C12H17NO3/c1-10(13-12(15)16-8-7-14)9-11-5-3-2-4-6-11/h2-6,10,14H,7-9H2,1H3,(H,13,15). The molecule has 4 heteroatoms. The summed E-state index contributed by atoms with van der Waals surface area (Å²) in [5, 5.41) is 11.2. The number of ether oxygens (including phenoxy) is 1. The highest BCUT2D eigenvalue weighted by Gasteiger charge is 2.08. The zero-order valence-corrected chi connectivity index (χ0v) is 9.35. The molecule has 0 radical (unpaired) electrons. The van der Waals surface area contributed by atoms with E-state index in [9.17, 15) is 4.79 Å². The van der Waals surface area contributed by atoms with E-state index in [1.165, 1.54) is 0 Å². The molecule has 4 nitrogen and oxygen atoms in total. The SMILES string of the molecule is CC(Cc1ccccc1)NC(=O)OCCO. The van der Waals surface area contributed by atoms with Crippen molar-refractivity contribution in [3.63, 3.8) is 0 Å². The molecule has 1 aromatic carbocycles. The molecular formula is C12H17NO3. The van der Waals surface area contributed by atoms with E-state index in [0.717, 1.165) is 12.0 Å². The minimum absolute atomic E-state index is 0.00796. The fourth-order valence-electron chi connectivity index (χ4n) is 1.40. The van der Waals surface area contributed by atoms with Gasteiger partial charge in [-0.1, -0.05) is 30.3 Å². The largest absolute Gasteiger partial charge is 0.447 e. The van der Waals surface area contributed by atoms with Crippen molar-refractivity contribution in [1.82, 2.24) is 5.32 Å². The van der Waals surface area contributed by atoms with E-state index in [2.05, 4.69) is 5.32 Å². The van der Waals surface area contributed by atoms with Crippen LogP contribution in [-0.4, -0.2) is 30.5 Å². The highest BCUT2D eigenvalue weighted by atomic mass is 16.6. The summed E-state index contributed by atoms with van der Waals surface area (Å²) in [5.41, 5.74) is 1.16. The predicted octanol–water partition coefficient (Wildman–Crippen LogP) is 1.34. The molecule has 0 fully saturated rings. The Morgan fingerprint density at radius 2 is 2.12 bits per heavy atom. The van der Waals surface area contributed by atoms with Crippen molar-refractivity contribution in [2.45, 2.75) is 19.4 Å². The molecule has 2 N–H and O–H groups in total. The third-order valence-corrected chi connectivity index (χ3v) is 2.07. The lowest BCUT2D eigenvalue weighted by molar-refractivity contribution is 0.116. The highest BCUT2D eigenvalue weighted by molar-refractivity contribution is 5.67. The zero-order chi connectivity index (χ0) is 11.8. The Hall–Kier alpha value is -1.55. The lowest BCUT2D eigenvalue weighted by atomic mass is 10.1. The third-order valence-electron chi connectivity index (χ3n) is 2.07. The molecule has 1 unspecified atom stereocenters. The van der Waals surface area contributed by atoms with Gasteiger partial charge in [0.1, 0.15) is 6.61 Å². The van der Waals surface area contributed by atoms with Gasteiger partial charge in [0.05, 0.1) is 6.61 Å². The Morgan fingerprint density at radius 3 is 2.75 bits per heavy atom. The lowest BCUT2D eigenvalue weighted by Gasteiger charge is -2.13. The maximum Gasteiger partial charge on any atom is 0.407 e. The van der Waals surface area contributed by atoms with Crippen molar-refractivity contribution < 1.29 is 14.6 Å². The van der Waals surface area contributed by atoms with Crippen LogP contribution in [0.25, 0.3) is 0 Å². The lowest BCUT2D eigenvalue weighted by Crippen LogP contribution is -2.35. The molecule has 1 amide bonds. The number of amides is 1. The molecule has 0 bridgehead atoms. The molecule has 0 aliphatic rings. The number of nitrogens with one attached hydrogen (secondary N) is 1. The van der Waals surface area contributed by atoms with Gasteiger partial charge in [-0.05, 0) is 18.9 Å². The first-order valence-corrected chi connectivity index (χ1v) is 5.30. The van der Waals surface area contributed by atoms with Crippen LogP contribution in [0.2, 0.25) is 0 Å². The molecule has 0 aromatic heterocycles. The molecule has 1 aromatic rings. The summed E-state index contributed by atoms with van der Waals surface area (Å²) in [7, 11) is 0. The fraction of sp³-hybridized carbons (Fsp3) is 0.417. The van der Waals surface area contributed by atoms with Crippen molar-refractivity contribution in [2.75, 3.05) is 13.2 Å². The normalized spacial score (nSPS) is 11.9. The van der Waals surface area contributed by atoms with Crippen LogP contribution in [0.1, 0.15) is 12.5 Å². The summed E-state index contributed by atoms with van der Waals surface area (Å²) in [5.74, 6) is 0. The molecule has 0 aliphatic carbocycles. The molecular weight excluding hydrogens is 206 g/mol. The summed E-state index contributed by atoms with van der Waals surface area (Å²) in [6, 6.07) is 9.91. The Morgan fingerprint density at radius 1 is 1.44 bits per heavy atom. The van der Waals surface area contributed by atoms with E-state index in [0.29, 0.717) is 0 Å². The highest BCUT2D eigenvalue weighted by Crippen LogP contribution is 2.02. The molecule has 16 heavy (non-hydrogen) atoms. The summed E-state index contributed by atoms with van der Waals surface area (Å²) in [4.78, 5) is 11.2. The Balaban J connectivity index is 2.30. The van der Waals surface area contributed by atoms with E-state index in [1.54, 1.807) is 0 Å². The van der Waals surface area contributed by atoms with E-state index in [4.69, 9.17) is 9.84 Å². The van der Waals surface area contributed by atoms with Gasteiger partial charge in [0.2, 0.25) is 0 Å². The second kappa shape index (κ2) is 6.85. The predicted molar refractivity (Wildman–Crippen MR) is 61.2 cm³/mol. The minimum atomic E-state index is -0.488. The topological polar surface area (TPSA) is 58.6 Å². The maximum atomic E-state index is 11.2. The number of aliphatic hydroxyl groups is 1. The van der Waals surface area contributed by atoms with E-state index < -0.39 is 6.09 Å². The van der Waals surface area contributed by atoms with Gasteiger partial charge in [-0.15, -0.1) is 0 Å². The number of benzene rings is 1. The summed E-state index contributed by atoms with van der Waals surface area (Å²) in [6.07, 6.45) is 0.271. The number of hydrogen-bond donors (Lipinski definition) is 2. The molecule has 88 valence electrons. The van der Waals surface area contributed by atoms with Crippen molar-refractivity contribution >= 4 is 6.09 Å². The van der Waals surface area contributed by atoms with Crippen LogP contribution in [0.15, 0.2) is 30.3 Å². The Bertz CT molecular complexity index is 313. The zero-order valence-electron chi connectivity index (χ0n) is 9.35. The van der Waals surface area contributed by atoms with Gasteiger partial charge in [-0.3, -0.25) is 0 Å². The quantitative estimate of drug-likeness (QED) is 0.791. The van der Waals surface area contributed by atoms with Crippen LogP contribution < -0.4 is 5.32 Å². The minimum Gasteiger partial charge on any atom is -0.447 e. The van der Waals surface area contributed by atoms with E-state index in [1.807, 2.05) is 37.3 Å². The van der Waals surface area contributed by atoms with Crippen LogP contribution >= 0.6 is 0 Å². The summed E-state index contributed by atoms with van der Waals surface area (Å²) < 4.78 is 4.70. The van der Waals surface area contributed by atoms with Gasteiger partial charge in [0, 0.05) is 6.04 Å². The number of aliphatic hydroxyl groups excluding tert-OH is 1. The molecule has 0 saturated carbocycles. The third kappa shape index (κ3) is 4.79. The molecule has 0 spiro atoms. The summed E-state index contributed by atoms with van der Waals surface area (Å²) >= 11 is 0. The van der Waals surface area contributed by atoms with Crippen LogP contribution in [-0.2, 0) is 11.2 Å². The number of rotatable bonds is 5. The van der Waals surface area contributed by atoms with Gasteiger partial charge in [0.25, 0.3) is 0 Å². The number of alkyl carbamates (subject to hydrolysis) is 1. The maximum absolute atomic E-state index is 11.2. The van der Waals surface area contributed by atoms with Gasteiger partial charge in [-0.25, -0.2) is 4.79 Å². The first-order chi connectivity index (χ1) is 7.72. The Kier molecular flexibility index (Phi) is 5.36. The molecule has 0 saturated heterocycles. The second-order valence-electron chi connectivity index (χ2n) is 3.59. The molecule has 0 heterocycles. The first-order valence-electron chi connectivity index (χ1n) is 5.30. The van der Waals surface area contributed by atoms with E-state index >= 15 is 0 Å². The van der Waals surface area contributed by atoms with Crippen LogP contribution in [0, 0.1) is 0 Å². The first kappa shape index (κ1) is 12.5. The average molecular weight is 223 g/mol. The van der Waals surface area contributed by atoms with Crippen molar-refractivity contribution in [3.05, 3.63) is 35.9 Å². The smallest absolute Gasteiger partial charge is 0.407 e. The fourth-order valence-corrected chi connectivity index (χ4v) is 1.40. The van der Waals surface area contributed by atoms with Crippen LogP contribution in [0.3, 0.4) is 0 Å². The van der Waals surface area contributed by atoms with Gasteiger partial charge in [0.15, 0.2) is 0 Å². The van der Waals surface area contributed by atoms with Crippen LogP contribution in [0.4, 0.5) is 4.79 Å². The Labute approximate surface area is 95.2 Å². The second-order valence-corrected chi connectivity index (χ2v) is 3.59. The summed E-state index contributed by atoms with van der Waals surface area (Å²) in [6.45, 7) is 1.79. The molecule has 0 aliphatic heterocycles. The van der Waals surface area contributed by atoms with Crippen molar-refractivity contribution in [1.29, 1.82) is 0 Å².